The maximum Gasteiger partial charge on any atom is 0.270 e. The summed E-state index contributed by atoms with van der Waals surface area (Å²) in [7, 11) is -3.62. The Labute approximate surface area is 204 Å². The molecule has 6 rings (SSSR count). The number of amides is 2. The fraction of sp³-hybridized carbons (Fsp3) is 0.269. The Bertz CT molecular complexity index is 1310. The molecule has 0 saturated heterocycles. The van der Waals surface area contributed by atoms with Crippen molar-refractivity contribution < 1.29 is 18.0 Å². The number of hydrogen-bond acceptors (Lipinski definition) is 5. The Morgan fingerprint density at radius 2 is 1.63 bits per heavy atom. The molecule has 3 aromatic rings. The molecule has 0 radical (unpaired) electrons. The minimum Gasteiger partial charge on any atom is -0.339 e. The van der Waals surface area contributed by atoms with Gasteiger partial charge in [-0.15, -0.1) is 0 Å². The number of carbonyl (C=O) groups is 2. The van der Waals surface area contributed by atoms with E-state index >= 15 is 0 Å². The van der Waals surface area contributed by atoms with E-state index in [0.717, 1.165) is 24.8 Å². The van der Waals surface area contributed by atoms with E-state index in [-0.39, 0.29) is 22.5 Å². The van der Waals surface area contributed by atoms with Gasteiger partial charge >= 0.3 is 0 Å². The van der Waals surface area contributed by atoms with Gasteiger partial charge in [-0.3, -0.25) is 14.6 Å². The number of pyridine rings is 1. The van der Waals surface area contributed by atoms with Crippen LogP contribution in [0.5, 0.6) is 0 Å². The van der Waals surface area contributed by atoms with Gasteiger partial charge in [0.15, 0.2) is 0 Å². The molecule has 8 nitrogen and oxygen atoms in total. The van der Waals surface area contributed by atoms with Gasteiger partial charge in [-0.1, -0.05) is 36.4 Å². The molecule has 1 aromatic heterocycles. The third-order valence-corrected chi connectivity index (χ3v) is 8.22. The molecule has 1 atom stereocenters. The molecule has 3 aliphatic rings. The Hall–Kier alpha value is -3.56. The molecular formula is C26H26N4O4S. The van der Waals surface area contributed by atoms with Gasteiger partial charge in [-0.25, -0.2) is 13.1 Å². The number of hydrogen-bond donors (Lipinski definition) is 3. The van der Waals surface area contributed by atoms with Crippen LogP contribution in [-0.2, 0) is 21.2 Å². The number of benzene rings is 2. The summed E-state index contributed by atoms with van der Waals surface area (Å²) in [5.41, 5.74) is 1.27. The molecule has 35 heavy (non-hydrogen) atoms. The number of nitrogens with zero attached hydrogens (tertiary/aromatic N) is 1. The largest absolute Gasteiger partial charge is 0.339 e. The van der Waals surface area contributed by atoms with Crippen molar-refractivity contribution in [3.63, 3.8) is 0 Å². The van der Waals surface area contributed by atoms with Crippen LogP contribution in [0.25, 0.3) is 0 Å². The Morgan fingerprint density at radius 1 is 0.943 bits per heavy atom. The van der Waals surface area contributed by atoms with E-state index < -0.39 is 27.9 Å². The lowest BCUT2D eigenvalue weighted by Gasteiger charge is -2.61. The van der Waals surface area contributed by atoms with Crippen LogP contribution in [-0.4, -0.2) is 36.8 Å². The number of carbonyl (C=O) groups excluding carboxylic acids is 2. The van der Waals surface area contributed by atoms with E-state index in [1.165, 1.54) is 18.3 Å². The van der Waals surface area contributed by atoms with Crippen LogP contribution in [0.4, 0.5) is 5.69 Å². The summed E-state index contributed by atoms with van der Waals surface area (Å²) in [5, 5.41) is 5.55. The first-order valence-electron chi connectivity index (χ1n) is 11.5. The van der Waals surface area contributed by atoms with Gasteiger partial charge in [-0.05, 0) is 67.1 Å². The highest BCUT2D eigenvalue weighted by Gasteiger charge is 2.58. The summed E-state index contributed by atoms with van der Waals surface area (Å²) in [6, 6.07) is 19.5. The zero-order chi connectivity index (χ0) is 24.5. The van der Waals surface area contributed by atoms with E-state index in [1.54, 1.807) is 30.3 Å². The lowest BCUT2D eigenvalue weighted by molar-refractivity contribution is -0.118. The number of anilines is 1. The lowest BCUT2D eigenvalue weighted by Crippen LogP contribution is -2.67. The maximum atomic E-state index is 13.1. The molecule has 2 bridgehead atoms. The van der Waals surface area contributed by atoms with Crippen molar-refractivity contribution in [1.29, 1.82) is 0 Å². The summed E-state index contributed by atoms with van der Waals surface area (Å²) in [6.07, 6.45) is 4.53. The van der Waals surface area contributed by atoms with Gasteiger partial charge in [0.25, 0.3) is 5.91 Å². The molecule has 9 heteroatoms. The van der Waals surface area contributed by atoms with Crippen molar-refractivity contribution in [3.8, 4) is 0 Å². The van der Waals surface area contributed by atoms with Gasteiger partial charge in [0.1, 0.15) is 11.7 Å². The summed E-state index contributed by atoms with van der Waals surface area (Å²) in [5.74, 6) is -0.208. The van der Waals surface area contributed by atoms with Crippen LogP contribution in [0.2, 0.25) is 0 Å². The second kappa shape index (κ2) is 9.24. The molecule has 2 aromatic carbocycles. The highest BCUT2D eigenvalue weighted by molar-refractivity contribution is 7.89. The molecule has 180 valence electrons. The fourth-order valence-corrected chi connectivity index (χ4v) is 6.11. The Balaban J connectivity index is 1.28. The highest BCUT2D eigenvalue weighted by atomic mass is 32.2. The molecule has 3 fully saturated rings. The number of aromatic nitrogens is 1. The first-order chi connectivity index (χ1) is 16.8. The normalized spacial score (nSPS) is 21.2. The number of nitrogens with one attached hydrogen (secondary N) is 3. The number of sulfonamides is 1. The molecule has 3 saturated carbocycles. The first kappa shape index (κ1) is 23.2. The van der Waals surface area contributed by atoms with E-state index in [1.807, 2.05) is 30.3 Å². The zero-order valence-electron chi connectivity index (χ0n) is 19.0. The minimum absolute atomic E-state index is 0.157. The Morgan fingerprint density at radius 3 is 2.23 bits per heavy atom. The predicted molar refractivity (Wildman–Crippen MR) is 131 cm³/mol. The first-order valence-corrected chi connectivity index (χ1v) is 13.0. The smallest absolute Gasteiger partial charge is 0.270 e. The molecule has 0 spiro atoms. The molecular weight excluding hydrogens is 464 g/mol. The van der Waals surface area contributed by atoms with Crippen molar-refractivity contribution in [2.75, 3.05) is 5.32 Å². The Kier molecular flexibility index (Phi) is 6.12. The lowest BCUT2D eigenvalue weighted by atomic mass is 9.50. The van der Waals surface area contributed by atoms with E-state index in [2.05, 4.69) is 20.3 Å². The minimum atomic E-state index is -3.62. The molecule has 2 amide bonds. The van der Waals surface area contributed by atoms with Crippen LogP contribution < -0.4 is 15.4 Å². The molecule has 0 aliphatic heterocycles. The van der Waals surface area contributed by atoms with Gasteiger partial charge < -0.3 is 10.6 Å². The summed E-state index contributed by atoms with van der Waals surface area (Å²) >= 11 is 0. The predicted octanol–water partition coefficient (Wildman–Crippen LogP) is 2.89. The zero-order valence-corrected chi connectivity index (χ0v) is 19.8. The second-order valence-electron chi connectivity index (χ2n) is 9.31. The van der Waals surface area contributed by atoms with Gasteiger partial charge in [0.2, 0.25) is 15.9 Å². The van der Waals surface area contributed by atoms with Gasteiger partial charge in [-0.2, -0.15) is 0 Å². The van der Waals surface area contributed by atoms with Crippen molar-refractivity contribution in [2.45, 2.75) is 42.2 Å². The molecule has 1 heterocycles. The number of rotatable bonds is 9. The van der Waals surface area contributed by atoms with Crippen molar-refractivity contribution in [2.24, 2.45) is 5.92 Å². The topological polar surface area (TPSA) is 117 Å². The monoisotopic (exact) mass is 490 g/mol. The van der Waals surface area contributed by atoms with Crippen LogP contribution in [0, 0.1) is 5.92 Å². The summed E-state index contributed by atoms with van der Waals surface area (Å²) in [4.78, 5) is 30.0. The summed E-state index contributed by atoms with van der Waals surface area (Å²) < 4.78 is 28.3. The molecule has 3 aliphatic carbocycles. The highest BCUT2D eigenvalue weighted by Crippen LogP contribution is 2.57. The second-order valence-corrected chi connectivity index (χ2v) is 11.0. The van der Waals surface area contributed by atoms with Crippen LogP contribution in [0.1, 0.15) is 35.3 Å². The standard InChI is InChI=1S/C26H26N4O4S/c31-24(22-8-4-5-13-27-22)29-23(14-18-6-2-1-3-7-18)25(32)28-20-9-11-21(12-10-20)35(33,34)30-26-15-19(16-26)17-26/h1-13,19,23,30H,14-17H2,(H,28,32)(H,29,31)/t19?,23-,26?/m0/s1. The maximum absolute atomic E-state index is 13.1. The quantitative estimate of drug-likeness (QED) is 0.426. The van der Waals surface area contributed by atoms with Crippen LogP contribution in [0.3, 0.4) is 0 Å². The van der Waals surface area contributed by atoms with Gasteiger partial charge in [0.05, 0.1) is 4.90 Å². The van der Waals surface area contributed by atoms with E-state index in [0.29, 0.717) is 11.6 Å². The average molecular weight is 491 g/mol. The van der Waals surface area contributed by atoms with Crippen molar-refractivity contribution >= 4 is 27.5 Å². The van der Waals surface area contributed by atoms with Crippen molar-refractivity contribution in [3.05, 3.63) is 90.3 Å². The molecule has 0 unspecified atom stereocenters. The third-order valence-electron chi connectivity index (χ3n) is 6.62. The summed E-state index contributed by atoms with van der Waals surface area (Å²) in [6.45, 7) is 0. The van der Waals surface area contributed by atoms with Crippen LogP contribution >= 0.6 is 0 Å². The van der Waals surface area contributed by atoms with Gasteiger partial charge in [0, 0.05) is 23.8 Å². The fourth-order valence-electron chi connectivity index (χ4n) is 4.68. The van der Waals surface area contributed by atoms with Crippen LogP contribution in [0.15, 0.2) is 83.9 Å². The van der Waals surface area contributed by atoms with E-state index in [9.17, 15) is 18.0 Å². The SMILES string of the molecule is O=C(N[C@@H](Cc1ccccc1)C(=O)Nc1ccc(S(=O)(=O)NC23CC(C2)C3)cc1)c1ccccn1. The third kappa shape index (κ3) is 5.11. The molecule has 3 N–H and O–H groups in total. The van der Waals surface area contributed by atoms with E-state index in [4.69, 9.17) is 0 Å². The van der Waals surface area contributed by atoms with Crippen molar-refractivity contribution in [1.82, 2.24) is 15.0 Å². The average Bonchev–Trinajstić information content (AvgIpc) is 2.82.